The predicted molar refractivity (Wildman–Crippen MR) is 383 cm³/mol. The number of pyridine rings is 3. The first-order chi connectivity index (χ1) is 47.2. The highest BCUT2D eigenvalue weighted by Gasteiger charge is 2.70. The Bertz CT molecular complexity index is 4360. The zero-order valence-corrected chi connectivity index (χ0v) is 57.6. The van der Waals surface area contributed by atoms with Gasteiger partial charge in [0.1, 0.15) is 5.78 Å². The first-order valence-electron chi connectivity index (χ1n) is 38.6. The molecular formula is C88H97N5O4. The molecule has 6 aromatic rings. The number of rotatable bonds is 5. The van der Waals surface area contributed by atoms with Crippen molar-refractivity contribution < 1.29 is 19.0 Å². The molecule has 9 heteroatoms. The molecule has 0 amide bonds. The van der Waals surface area contributed by atoms with Gasteiger partial charge in [0.25, 0.3) is 0 Å². The lowest BCUT2D eigenvalue weighted by Crippen LogP contribution is -2.54. The van der Waals surface area contributed by atoms with Gasteiger partial charge in [0.05, 0.1) is 33.6 Å². The lowest BCUT2D eigenvalue weighted by Gasteiger charge is -2.54. The smallest absolute Gasteiger partial charge is 0.136 e. The fraction of sp³-hybridized carbons (Fsp3) is 0.545. The average Bonchev–Trinajstić information content (AvgIpc) is 1.56. The Morgan fingerprint density at radius 2 is 0.773 bits per heavy atom. The maximum atomic E-state index is 12.4. The monoisotopic (exact) mass is 1290 g/mol. The van der Waals surface area contributed by atoms with E-state index in [9.17, 15) is 4.79 Å². The SMILES string of the molecule is C[C@]12CC=C3C=C4CCC(=O)C[C@]45CC[C@]3(O5)[C@@H]1CC[C@@H]2c1ccc2ccncc2c1.C[C@]12CC=C3C=C4CC[C@@H](N5CC5)C[C@]45CC[C@]3(O5)[C@@H]1CC[C@@H]2c1ccc2ccncc2c1.C[C@]12CC=C3C=C4CC[C@H](N5CC5)C[C@]45CC[C@]3(O5)[C@@H]1CC[C@@H]2c1ccc2ccncc2c1. The first kappa shape index (κ1) is 59.6. The van der Waals surface area contributed by atoms with E-state index in [2.05, 4.69) is 155 Å². The first-order valence-corrected chi connectivity index (χ1v) is 38.6. The summed E-state index contributed by atoms with van der Waals surface area (Å²) in [5, 5.41) is 7.63. The molecule has 3 aromatic heterocycles. The van der Waals surface area contributed by atoms with Gasteiger partial charge in [-0.3, -0.25) is 29.5 Å². The lowest BCUT2D eigenvalue weighted by atomic mass is 9.58. The number of carbonyl (C=O) groups excluding carboxylic acids is 1. The van der Waals surface area contributed by atoms with Crippen LogP contribution in [0.1, 0.15) is 209 Å². The van der Waals surface area contributed by atoms with Crippen molar-refractivity contribution in [1.29, 1.82) is 0 Å². The Labute approximate surface area is 573 Å². The number of Topliss-reactive ketones (excluding diaryl/α,β-unsaturated/α-hetero) is 1. The van der Waals surface area contributed by atoms with E-state index in [-0.39, 0.29) is 49.9 Å². The van der Waals surface area contributed by atoms with Crippen molar-refractivity contribution in [3.05, 3.63) is 197 Å². The lowest BCUT2D eigenvalue weighted by molar-refractivity contribution is -0.146. The molecule has 6 bridgehead atoms. The van der Waals surface area contributed by atoms with E-state index in [1.807, 2.05) is 37.2 Å². The number of fused-ring (bicyclic) bond motifs is 6. The Kier molecular flexibility index (Phi) is 12.9. The summed E-state index contributed by atoms with van der Waals surface area (Å²) in [5.41, 5.74) is 13.9. The van der Waals surface area contributed by atoms with Gasteiger partial charge >= 0.3 is 0 Å². The standard InChI is InChI=1S/2C30H34N2O.C28H29NO2/c2*1-28-10-8-24-17-23-4-5-25(32-14-15-32)18-29(23)11-12-30(24,33-29)27(28)7-6-26(28)21-3-2-20-9-13-31-19-22(20)16-21;1-26-10-8-22-15-21-4-5-23(30)16-27(21)11-12-28(22,31-27)25(26)7-6-24(26)19-3-2-18-9-13-29-17-20(18)14-19/h2*2-3,8-9,13,16-17,19,25-27H,4-7,10-12,14-15,18H2,1H3;2-3,8-9,13-15,17,24-25H,4-7,10-12,16H2,1H3/t25-,26+,27+,28+,29+,30+;25-,26-,27-,28-,29-,30-;24-,25-,26-,27-,28-/m011/s1. The molecule has 9 nitrogen and oxygen atoms in total. The molecule has 23 rings (SSSR count). The van der Waals surface area contributed by atoms with Gasteiger partial charge in [-0.1, -0.05) is 93.6 Å². The van der Waals surface area contributed by atoms with Crippen LogP contribution in [0.4, 0.5) is 0 Å². The summed E-state index contributed by atoms with van der Waals surface area (Å²) in [6.07, 6.45) is 54.9. The highest BCUT2D eigenvalue weighted by atomic mass is 16.5. The van der Waals surface area contributed by atoms with E-state index in [1.165, 1.54) is 202 Å². The van der Waals surface area contributed by atoms with Crippen LogP contribution in [0.5, 0.6) is 0 Å². The molecule has 9 aliphatic carbocycles. The van der Waals surface area contributed by atoms with E-state index in [0.29, 0.717) is 54.1 Å². The van der Waals surface area contributed by atoms with E-state index >= 15 is 0 Å². The van der Waals surface area contributed by atoms with E-state index in [1.54, 1.807) is 22.3 Å². The van der Waals surface area contributed by atoms with Gasteiger partial charge in [-0.15, -0.1) is 0 Å². The van der Waals surface area contributed by atoms with Gasteiger partial charge in [-0.25, -0.2) is 0 Å². The molecule has 3 aromatic carbocycles. The third-order valence-corrected chi connectivity index (χ3v) is 31.0. The molecule has 0 unspecified atom stereocenters. The van der Waals surface area contributed by atoms with Crippen molar-refractivity contribution in [2.45, 2.75) is 238 Å². The normalized spacial score (nSPS) is 42.6. The number of ether oxygens (including phenoxy) is 3. The molecule has 11 heterocycles. The Hall–Kier alpha value is -6.20. The van der Waals surface area contributed by atoms with Crippen molar-refractivity contribution >= 4 is 38.1 Å². The van der Waals surface area contributed by atoms with Gasteiger partial charge in [-0.2, -0.15) is 0 Å². The average molecular weight is 1290 g/mol. The molecule has 11 fully saturated rings. The number of carbonyl (C=O) groups is 1. The Morgan fingerprint density at radius 1 is 0.402 bits per heavy atom. The van der Waals surface area contributed by atoms with Crippen molar-refractivity contribution in [3.63, 3.8) is 0 Å². The zero-order valence-electron chi connectivity index (χ0n) is 57.6. The van der Waals surface area contributed by atoms with E-state index < -0.39 is 0 Å². The number of hydrogen-bond donors (Lipinski definition) is 0. The van der Waals surface area contributed by atoms with Crippen LogP contribution in [-0.2, 0) is 19.0 Å². The summed E-state index contributed by atoms with van der Waals surface area (Å²) in [5.74, 6) is 3.88. The van der Waals surface area contributed by atoms with Gasteiger partial charge in [0, 0.05) is 104 Å². The topological polar surface area (TPSA) is 89.5 Å². The van der Waals surface area contributed by atoms with Crippen LogP contribution in [-0.4, -0.2) is 102 Å². The fourth-order valence-electron chi connectivity index (χ4n) is 26.1. The maximum Gasteiger partial charge on any atom is 0.136 e. The molecule has 8 aliphatic heterocycles. The largest absolute Gasteiger partial charge is 0.359 e. The minimum atomic E-state index is -0.294. The van der Waals surface area contributed by atoms with Crippen LogP contribution in [0, 0.1) is 34.0 Å². The van der Waals surface area contributed by atoms with Crippen molar-refractivity contribution in [2.75, 3.05) is 26.2 Å². The van der Waals surface area contributed by atoms with Crippen molar-refractivity contribution in [3.8, 4) is 0 Å². The number of hydrogen-bond acceptors (Lipinski definition) is 9. The Morgan fingerprint density at radius 3 is 1.16 bits per heavy atom. The number of benzene rings is 3. The number of allylic oxidation sites excluding steroid dienone is 3. The highest BCUT2D eigenvalue weighted by molar-refractivity contribution is 5.85. The number of aromatic nitrogens is 3. The van der Waals surface area contributed by atoms with Crippen LogP contribution in [0.3, 0.4) is 0 Å². The third kappa shape index (κ3) is 8.59. The molecule has 97 heavy (non-hydrogen) atoms. The van der Waals surface area contributed by atoms with E-state index in [0.717, 1.165) is 37.8 Å². The molecule has 5 saturated heterocycles. The summed E-state index contributed by atoms with van der Waals surface area (Å²) >= 11 is 0. The number of ketones is 1. The molecule has 0 N–H and O–H groups in total. The molecule has 0 radical (unpaired) electrons. The summed E-state index contributed by atoms with van der Waals surface area (Å²) in [6.45, 7) is 12.9. The second-order valence-corrected chi connectivity index (χ2v) is 35.1. The molecule has 498 valence electrons. The van der Waals surface area contributed by atoms with Gasteiger partial charge in [0.2, 0.25) is 0 Å². The second kappa shape index (κ2) is 21.0. The van der Waals surface area contributed by atoms with E-state index in [4.69, 9.17) is 14.2 Å². The van der Waals surface area contributed by atoms with Crippen LogP contribution < -0.4 is 0 Å². The second-order valence-electron chi connectivity index (χ2n) is 35.1. The zero-order chi connectivity index (χ0) is 64.5. The Balaban J connectivity index is 0.0000000963. The summed E-state index contributed by atoms with van der Waals surface area (Å²) in [4.78, 5) is 30.8. The van der Waals surface area contributed by atoms with Crippen LogP contribution in [0.25, 0.3) is 32.3 Å². The van der Waals surface area contributed by atoms with Crippen LogP contribution >= 0.6 is 0 Å². The maximum absolute atomic E-state index is 12.4. The number of nitrogens with zero attached hydrogens (tertiary/aromatic N) is 5. The summed E-state index contributed by atoms with van der Waals surface area (Å²) in [6, 6.07) is 29.0. The minimum Gasteiger partial charge on any atom is -0.359 e. The third-order valence-electron chi connectivity index (χ3n) is 31.0. The minimum absolute atomic E-state index is 0.0355. The van der Waals surface area contributed by atoms with Gasteiger partial charge in [0.15, 0.2) is 0 Å². The molecule has 17 atom stereocenters. The van der Waals surface area contributed by atoms with Crippen molar-refractivity contribution in [1.82, 2.24) is 24.8 Å². The van der Waals surface area contributed by atoms with Crippen LogP contribution in [0.15, 0.2) is 180 Å². The molecular weight excluding hydrogens is 1190 g/mol. The van der Waals surface area contributed by atoms with Crippen LogP contribution in [0.2, 0.25) is 0 Å². The quantitative estimate of drug-likeness (QED) is 0.157. The summed E-state index contributed by atoms with van der Waals surface area (Å²) < 4.78 is 22.0. The molecule has 6 saturated carbocycles. The van der Waals surface area contributed by atoms with Gasteiger partial charge in [-0.05, 0) is 296 Å². The van der Waals surface area contributed by atoms with Crippen molar-refractivity contribution in [2.24, 2.45) is 34.0 Å². The van der Waals surface area contributed by atoms with Gasteiger partial charge < -0.3 is 14.2 Å². The molecule has 17 aliphatic rings. The predicted octanol–water partition coefficient (Wildman–Crippen LogP) is 18.4. The molecule has 6 spiro atoms. The highest BCUT2D eigenvalue weighted by Crippen LogP contribution is 2.73. The summed E-state index contributed by atoms with van der Waals surface area (Å²) in [7, 11) is 0. The fourth-order valence-corrected chi connectivity index (χ4v) is 26.1.